The van der Waals surface area contributed by atoms with E-state index in [1.54, 1.807) is 6.07 Å². The zero-order valence-corrected chi connectivity index (χ0v) is 19.9. The minimum atomic E-state index is -3.56. The van der Waals surface area contributed by atoms with Crippen LogP contribution >= 0.6 is 34.3 Å². The van der Waals surface area contributed by atoms with Gasteiger partial charge in [-0.15, -0.1) is 11.3 Å². The molecule has 1 amide bonds. The Labute approximate surface area is 188 Å². The van der Waals surface area contributed by atoms with Crippen LogP contribution in [0.15, 0.2) is 39.5 Å². The highest BCUT2D eigenvalue weighted by Crippen LogP contribution is 2.30. The summed E-state index contributed by atoms with van der Waals surface area (Å²) in [5.74, 6) is -0.433. The molecule has 0 N–H and O–H groups in total. The van der Waals surface area contributed by atoms with Crippen molar-refractivity contribution in [2.45, 2.75) is 37.4 Å². The largest absolute Gasteiger partial charge is 0.317 e. The van der Waals surface area contributed by atoms with Crippen molar-refractivity contribution in [2.75, 3.05) is 13.1 Å². The van der Waals surface area contributed by atoms with Gasteiger partial charge in [0.25, 0.3) is 15.9 Å². The maximum Gasteiger partial charge on any atom is 0.252 e. The van der Waals surface area contributed by atoms with Gasteiger partial charge in [0.2, 0.25) is 0 Å². The molecule has 10 heteroatoms. The van der Waals surface area contributed by atoms with Gasteiger partial charge in [-0.05, 0) is 56.5 Å². The number of thiophene rings is 1. The van der Waals surface area contributed by atoms with Crippen LogP contribution in [0.2, 0.25) is 4.34 Å². The normalized spacial score (nSPS) is 17.1. The maximum absolute atomic E-state index is 12.9. The van der Waals surface area contributed by atoms with E-state index in [0.29, 0.717) is 35.1 Å². The SMILES string of the molecule is CCn1c(=NC(=O)C2CCN(S(=O)(=O)c3ccc(Cl)s3)CC2)sc2cc(C)ccc21. The number of aromatic nitrogens is 1. The van der Waals surface area contributed by atoms with Gasteiger partial charge in [-0.25, -0.2) is 8.42 Å². The van der Waals surface area contributed by atoms with Crippen LogP contribution in [-0.4, -0.2) is 36.3 Å². The Morgan fingerprint density at radius 1 is 1.20 bits per heavy atom. The van der Waals surface area contributed by atoms with Crippen molar-refractivity contribution >= 4 is 60.4 Å². The molecule has 0 bridgehead atoms. The minimum Gasteiger partial charge on any atom is -0.317 e. The first-order valence-corrected chi connectivity index (χ1v) is 13.2. The van der Waals surface area contributed by atoms with Crippen LogP contribution < -0.4 is 4.80 Å². The highest BCUT2D eigenvalue weighted by atomic mass is 35.5. The number of sulfonamides is 1. The van der Waals surface area contributed by atoms with Gasteiger partial charge in [0.1, 0.15) is 4.21 Å². The fourth-order valence-electron chi connectivity index (χ4n) is 3.66. The first kappa shape index (κ1) is 21.7. The first-order valence-electron chi connectivity index (χ1n) is 9.73. The van der Waals surface area contributed by atoms with E-state index in [1.807, 2.05) is 13.8 Å². The van der Waals surface area contributed by atoms with Crippen molar-refractivity contribution in [2.24, 2.45) is 10.9 Å². The van der Waals surface area contributed by atoms with Crippen LogP contribution in [0.5, 0.6) is 0 Å². The second-order valence-electron chi connectivity index (χ2n) is 7.29. The number of halogens is 1. The zero-order valence-electron chi connectivity index (χ0n) is 16.7. The monoisotopic (exact) mass is 483 g/mol. The number of benzene rings is 1. The molecular weight excluding hydrogens is 462 g/mol. The number of aryl methyl sites for hydroxylation is 2. The molecule has 4 rings (SSSR count). The van der Waals surface area contributed by atoms with E-state index >= 15 is 0 Å². The lowest BCUT2D eigenvalue weighted by molar-refractivity contribution is -0.122. The number of rotatable bonds is 4. The number of fused-ring (bicyclic) bond motifs is 1. The van der Waals surface area contributed by atoms with Crippen molar-refractivity contribution in [3.8, 4) is 0 Å². The molecule has 0 saturated carbocycles. The Morgan fingerprint density at radius 2 is 1.93 bits per heavy atom. The van der Waals surface area contributed by atoms with E-state index in [2.05, 4.69) is 27.8 Å². The molecule has 1 saturated heterocycles. The maximum atomic E-state index is 12.9. The Balaban J connectivity index is 1.52. The van der Waals surface area contributed by atoms with Crippen LogP contribution in [0.1, 0.15) is 25.3 Å². The topological polar surface area (TPSA) is 71.7 Å². The first-order chi connectivity index (χ1) is 14.3. The van der Waals surface area contributed by atoms with E-state index in [9.17, 15) is 13.2 Å². The van der Waals surface area contributed by atoms with Crippen LogP contribution in [0.3, 0.4) is 0 Å². The summed E-state index contributed by atoms with van der Waals surface area (Å²) in [5.41, 5.74) is 2.25. The molecule has 3 aromatic rings. The molecule has 1 aliphatic heterocycles. The summed E-state index contributed by atoms with van der Waals surface area (Å²) in [6.45, 7) is 5.43. The summed E-state index contributed by atoms with van der Waals surface area (Å²) in [6.07, 6.45) is 0.938. The fraction of sp³-hybridized carbons (Fsp3) is 0.400. The van der Waals surface area contributed by atoms with Gasteiger partial charge in [-0.2, -0.15) is 9.30 Å². The number of hydrogen-bond acceptors (Lipinski definition) is 5. The molecule has 2 aromatic heterocycles. The highest BCUT2D eigenvalue weighted by Gasteiger charge is 2.33. The van der Waals surface area contributed by atoms with Gasteiger partial charge >= 0.3 is 0 Å². The molecule has 1 aliphatic rings. The van der Waals surface area contributed by atoms with Crippen molar-refractivity contribution < 1.29 is 13.2 Å². The predicted molar refractivity (Wildman–Crippen MR) is 122 cm³/mol. The van der Waals surface area contributed by atoms with Gasteiger partial charge < -0.3 is 4.57 Å². The molecule has 160 valence electrons. The van der Waals surface area contributed by atoms with E-state index in [4.69, 9.17) is 11.6 Å². The standard InChI is InChI=1S/C20H22ClN3O3S3/c1-3-24-15-5-4-13(2)12-16(15)28-20(24)22-19(25)14-8-10-23(11-9-14)30(26,27)18-7-6-17(21)29-18/h4-7,12,14H,3,8-11H2,1-2H3. The molecule has 0 aliphatic carbocycles. The number of carbonyl (C=O) groups is 1. The summed E-state index contributed by atoms with van der Waals surface area (Å²) in [7, 11) is -3.56. The van der Waals surface area contributed by atoms with Gasteiger partial charge in [0, 0.05) is 25.6 Å². The molecule has 0 atom stereocenters. The second-order valence-corrected chi connectivity index (χ2v) is 12.2. The molecule has 3 heterocycles. The molecule has 6 nitrogen and oxygen atoms in total. The summed E-state index contributed by atoms with van der Waals surface area (Å²) in [6, 6.07) is 9.35. The van der Waals surface area contributed by atoms with Crippen molar-refractivity contribution in [3.63, 3.8) is 0 Å². The van der Waals surface area contributed by atoms with Crippen LogP contribution in [-0.2, 0) is 21.4 Å². The number of thiazole rings is 1. The number of carbonyl (C=O) groups excluding carboxylic acids is 1. The number of hydrogen-bond donors (Lipinski definition) is 0. The van der Waals surface area contributed by atoms with Gasteiger partial charge in [0.15, 0.2) is 4.80 Å². The quantitative estimate of drug-likeness (QED) is 0.556. The number of amides is 1. The summed E-state index contributed by atoms with van der Waals surface area (Å²) < 4.78 is 30.8. The lowest BCUT2D eigenvalue weighted by Gasteiger charge is -2.29. The summed E-state index contributed by atoms with van der Waals surface area (Å²) in [5, 5.41) is 0. The van der Waals surface area contributed by atoms with E-state index in [0.717, 1.165) is 28.1 Å². The molecule has 1 fully saturated rings. The van der Waals surface area contributed by atoms with E-state index < -0.39 is 10.0 Å². The average molecular weight is 484 g/mol. The molecule has 0 spiro atoms. The lowest BCUT2D eigenvalue weighted by Crippen LogP contribution is -2.40. The third-order valence-corrected chi connectivity index (χ3v) is 9.94. The lowest BCUT2D eigenvalue weighted by atomic mass is 9.98. The van der Waals surface area contributed by atoms with Gasteiger partial charge in [-0.3, -0.25) is 4.79 Å². The zero-order chi connectivity index (χ0) is 21.5. The van der Waals surface area contributed by atoms with E-state index in [-0.39, 0.29) is 16.0 Å². The Morgan fingerprint density at radius 3 is 2.57 bits per heavy atom. The smallest absolute Gasteiger partial charge is 0.252 e. The Hall–Kier alpha value is -1.52. The van der Waals surface area contributed by atoms with Crippen LogP contribution in [0, 0.1) is 12.8 Å². The molecule has 0 radical (unpaired) electrons. The van der Waals surface area contributed by atoms with E-state index in [1.165, 1.54) is 27.3 Å². The second kappa shape index (κ2) is 8.55. The Bertz CT molecular complexity index is 1270. The van der Waals surface area contributed by atoms with Crippen molar-refractivity contribution in [1.82, 2.24) is 8.87 Å². The molecular formula is C20H22ClN3O3S3. The van der Waals surface area contributed by atoms with Gasteiger partial charge in [0.05, 0.1) is 14.6 Å². The number of piperidine rings is 1. The number of nitrogens with zero attached hydrogens (tertiary/aromatic N) is 3. The van der Waals surface area contributed by atoms with Crippen LogP contribution in [0.25, 0.3) is 10.2 Å². The predicted octanol–water partition coefficient (Wildman–Crippen LogP) is 4.27. The minimum absolute atomic E-state index is 0.170. The van der Waals surface area contributed by atoms with Gasteiger partial charge in [-0.1, -0.05) is 29.0 Å². The molecule has 30 heavy (non-hydrogen) atoms. The van der Waals surface area contributed by atoms with Crippen LogP contribution in [0.4, 0.5) is 0 Å². The third-order valence-electron chi connectivity index (χ3n) is 5.31. The average Bonchev–Trinajstić information content (AvgIpc) is 3.31. The fourth-order valence-corrected chi connectivity index (χ4v) is 7.97. The molecule has 1 aromatic carbocycles. The van der Waals surface area contributed by atoms with Crippen molar-refractivity contribution in [1.29, 1.82) is 0 Å². The Kier molecular flexibility index (Phi) is 6.18. The molecule has 0 unspecified atom stereocenters. The summed E-state index contributed by atoms with van der Waals surface area (Å²) >= 11 is 8.46. The highest BCUT2D eigenvalue weighted by molar-refractivity contribution is 7.91. The van der Waals surface area contributed by atoms with Crippen molar-refractivity contribution in [3.05, 3.63) is 45.0 Å². The third kappa shape index (κ3) is 4.13. The summed E-state index contributed by atoms with van der Waals surface area (Å²) in [4.78, 5) is 18.0.